The standard InChI is InChI=1S/C56H51NOS/c1-53(2,3)32-25-43-42-30-47-40(31-51(42)59-52(43)48(26-32)54(4,5)6)38-23-20-35(29-46(38)56(47,9)10)57(33-21-24-50-41(27-33)39-16-12-14-18-49(39)58-50)34-19-22-37-36-15-11-13-17-44(36)55(7,8)45(37)28-34/h11-31H,1-10H3. The lowest BCUT2D eigenvalue weighted by molar-refractivity contribution is 0.573. The quantitative estimate of drug-likeness (QED) is 0.177. The Morgan fingerprint density at radius 3 is 1.75 bits per heavy atom. The van der Waals surface area contributed by atoms with Gasteiger partial charge in [0.15, 0.2) is 0 Å². The lowest BCUT2D eigenvalue weighted by atomic mass is 9.79. The molecule has 7 aromatic carbocycles. The summed E-state index contributed by atoms with van der Waals surface area (Å²) >= 11 is 1.97. The number of thiophene rings is 1. The van der Waals surface area contributed by atoms with Gasteiger partial charge in [0.05, 0.1) is 0 Å². The number of anilines is 3. The predicted octanol–water partition coefficient (Wildman–Crippen LogP) is 16.6. The van der Waals surface area contributed by atoms with E-state index in [1.54, 1.807) is 0 Å². The van der Waals surface area contributed by atoms with Crippen molar-refractivity contribution in [3.63, 3.8) is 0 Å². The van der Waals surface area contributed by atoms with Gasteiger partial charge in [0.1, 0.15) is 11.2 Å². The Labute approximate surface area is 352 Å². The van der Waals surface area contributed by atoms with Crippen LogP contribution in [0, 0.1) is 0 Å². The molecule has 0 saturated heterocycles. The zero-order valence-corrected chi connectivity index (χ0v) is 36.7. The van der Waals surface area contributed by atoms with E-state index in [1.807, 2.05) is 17.4 Å². The van der Waals surface area contributed by atoms with Gasteiger partial charge in [0.25, 0.3) is 0 Å². The second-order valence-electron chi connectivity index (χ2n) is 20.3. The third-order valence-corrected chi connectivity index (χ3v) is 14.9. The number of fused-ring (bicyclic) bond motifs is 12. The van der Waals surface area contributed by atoms with Gasteiger partial charge in [-0.05, 0) is 133 Å². The SMILES string of the molecule is CC(C)(C)c1cc(C(C)(C)C)c2sc3cc4c(cc3c2c1)C(C)(C)c1cc(N(c2ccc3c(c2)C(C)(C)c2ccccc2-3)c2ccc3oc5ccccc5c3c2)ccc1-4. The summed E-state index contributed by atoms with van der Waals surface area (Å²) in [5, 5.41) is 5.04. The Hall–Kier alpha value is -5.64. The van der Waals surface area contributed by atoms with Gasteiger partial charge in [0.2, 0.25) is 0 Å². The van der Waals surface area contributed by atoms with Crippen molar-refractivity contribution in [2.45, 2.75) is 90.9 Å². The van der Waals surface area contributed by atoms with E-state index in [0.717, 1.165) is 39.0 Å². The largest absolute Gasteiger partial charge is 0.456 e. The molecule has 2 heterocycles. The highest BCUT2D eigenvalue weighted by Crippen LogP contribution is 2.55. The first kappa shape index (κ1) is 36.4. The van der Waals surface area contributed by atoms with E-state index in [9.17, 15) is 0 Å². The molecule has 2 aliphatic rings. The number of benzene rings is 7. The van der Waals surface area contributed by atoms with E-state index in [0.29, 0.717) is 0 Å². The molecule has 2 aliphatic carbocycles. The van der Waals surface area contributed by atoms with Crippen LogP contribution in [-0.2, 0) is 21.7 Å². The fourth-order valence-electron chi connectivity index (χ4n) is 10.4. The topological polar surface area (TPSA) is 16.4 Å². The molecule has 0 amide bonds. The van der Waals surface area contributed by atoms with Gasteiger partial charge < -0.3 is 9.32 Å². The highest BCUT2D eigenvalue weighted by molar-refractivity contribution is 7.26. The summed E-state index contributed by atoms with van der Waals surface area (Å²) in [7, 11) is 0. The molecular weight excluding hydrogens is 735 g/mol. The first-order chi connectivity index (χ1) is 28.0. The molecule has 59 heavy (non-hydrogen) atoms. The summed E-state index contributed by atoms with van der Waals surface area (Å²) in [6.07, 6.45) is 0. The molecule has 0 spiro atoms. The van der Waals surface area contributed by atoms with Gasteiger partial charge in [-0.25, -0.2) is 0 Å². The number of nitrogens with zero attached hydrogens (tertiary/aromatic N) is 1. The molecule has 0 atom stereocenters. The maximum absolute atomic E-state index is 6.33. The summed E-state index contributed by atoms with van der Waals surface area (Å²) in [6, 6.07) is 48.3. The van der Waals surface area contributed by atoms with Crippen LogP contribution in [0.1, 0.15) is 103 Å². The van der Waals surface area contributed by atoms with Crippen LogP contribution in [0.2, 0.25) is 0 Å². The van der Waals surface area contributed by atoms with Crippen molar-refractivity contribution in [3.8, 4) is 22.3 Å². The van der Waals surface area contributed by atoms with Crippen LogP contribution in [0.3, 0.4) is 0 Å². The number of para-hydroxylation sites is 1. The van der Waals surface area contributed by atoms with Crippen molar-refractivity contribution in [1.82, 2.24) is 0 Å². The Kier molecular flexibility index (Phi) is 7.40. The van der Waals surface area contributed by atoms with Crippen molar-refractivity contribution in [1.29, 1.82) is 0 Å². The number of hydrogen-bond acceptors (Lipinski definition) is 3. The Morgan fingerprint density at radius 2 is 1.03 bits per heavy atom. The molecule has 0 N–H and O–H groups in total. The van der Waals surface area contributed by atoms with E-state index < -0.39 is 0 Å². The smallest absolute Gasteiger partial charge is 0.135 e. The second kappa shape index (κ2) is 12.0. The summed E-state index contributed by atoms with van der Waals surface area (Å²) < 4.78 is 9.12. The van der Waals surface area contributed by atoms with Gasteiger partial charge in [-0.2, -0.15) is 0 Å². The summed E-state index contributed by atoms with van der Waals surface area (Å²) in [5.74, 6) is 0. The molecule has 11 rings (SSSR count). The second-order valence-corrected chi connectivity index (χ2v) is 21.3. The fraction of sp³-hybridized carbons (Fsp3) is 0.250. The van der Waals surface area contributed by atoms with Gasteiger partial charge in [-0.3, -0.25) is 0 Å². The van der Waals surface area contributed by atoms with Crippen molar-refractivity contribution >= 4 is 70.5 Å². The molecule has 9 aromatic rings. The van der Waals surface area contributed by atoms with Crippen molar-refractivity contribution in [3.05, 3.63) is 161 Å². The highest BCUT2D eigenvalue weighted by Gasteiger charge is 2.39. The van der Waals surface area contributed by atoms with Crippen LogP contribution in [0.15, 0.2) is 132 Å². The normalized spacial score (nSPS) is 15.2. The summed E-state index contributed by atoms with van der Waals surface area (Å²) in [6.45, 7) is 23.7. The minimum absolute atomic E-state index is 0.0467. The molecular formula is C56H51NOS. The van der Waals surface area contributed by atoms with Crippen LogP contribution >= 0.6 is 11.3 Å². The van der Waals surface area contributed by atoms with Gasteiger partial charge in [-0.1, -0.05) is 130 Å². The molecule has 0 unspecified atom stereocenters. The fourth-order valence-corrected chi connectivity index (χ4v) is 11.8. The van der Waals surface area contributed by atoms with E-state index >= 15 is 0 Å². The average Bonchev–Trinajstić information content (AvgIpc) is 3.88. The Bertz CT molecular complexity index is 3240. The maximum atomic E-state index is 6.33. The van der Waals surface area contributed by atoms with Crippen LogP contribution in [0.25, 0.3) is 64.4 Å². The molecule has 2 nitrogen and oxygen atoms in total. The minimum atomic E-state index is -0.199. The number of rotatable bonds is 3. The molecule has 3 heteroatoms. The maximum Gasteiger partial charge on any atom is 0.135 e. The van der Waals surface area contributed by atoms with E-state index in [1.165, 1.54) is 75.8 Å². The molecule has 0 saturated carbocycles. The van der Waals surface area contributed by atoms with Crippen LogP contribution in [0.5, 0.6) is 0 Å². The van der Waals surface area contributed by atoms with Crippen molar-refractivity contribution in [2.24, 2.45) is 0 Å². The van der Waals surface area contributed by atoms with Gasteiger partial charge in [-0.15, -0.1) is 11.3 Å². The highest BCUT2D eigenvalue weighted by atomic mass is 32.1. The third-order valence-electron chi connectivity index (χ3n) is 13.7. The molecule has 2 aromatic heterocycles. The zero-order valence-electron chi connectivity index (χ0n) is 35.9. The summed E-state index contributed by atoms with van der Waals surface area (Å²) in [5.41, 5.74) is 18.8. The molecule has 292 valence electrons. The first-order valence-corrected chi connectivity index (χ1v) is 22.0. The molecule has 0 aliphatic heterocycles. The van der Waals surface area contributed by atoms with Crippen LogP contribution in [0.4, 0.5) is 17.1 Å². The lowest BCUT2D eigenvalue weighted by Gasteiger charge is -2.29. The number of furan rings is 1. The molecule has 0 bridgehead atoms. The predicted molar refractivity (Wildman–Crippen MR) is 254 cm³/mol. The molecule has 0 fully saturated rings. The van der Waals surface area contributed by atoms with Crippen molar-refractivity contribution in [2.75, 3.05) is 4.90 Å². The van der Waals surface area contributed by atoms with Gasteiger partial charge in [0, 0.05) is 58.8 Å². The number of hydrogen-bond donors (Lipinski definition) is 0. The minimum Gasteiger partial charge on any atom is -0.456 e. The van der Waals surface area contributed by atoms with E-state index in [4.69, 9.17) is 4.42 Å². The van der Waals surface area contributed by atoms with E-state index in [2.05, 4.69) is 195 Å². The molecule has 0 radical (unpaired) electrons. The average molecular weight is 786 g/mol. The van der Waals surface area contributed by atoms with E-state index in [-0.39, 0.29) is 21.7 Å². The Morgan fingerprint density at radius 1 is 0.458 bits per heavy atom. The Balaban J connectivity index is 1.10. The van der Waals surface area contributed by atoms with Crippen LogP contribution in [-0.4, -0.2) is 0 Å². The first-order valence-electron chi connectivity index (χ1n) is 21.2. The lowest BCUT2D eigenvalue weighted by Crippen LogP contribution is -2.18. The monoisotopic (exact) mass is 785 g/mol. The zero-order chi connectivity index (χ0) is 41.0. The summed E-state index contributed by atoms with van der Waals surface area (Å²) in [4.78, 5) is 2.47. The third kappa shape index (κ3) is 5.23. The van der Waals surface area contributed by atoms with Crippen LogP contribution < -0.4 is 4.90 Å². The van der Waals surface area contributed by atoms with Crippen molar-refractivity contribution < 1.29 is 4.42 Å². The van der Waals surface area contributed by atoms with Gasteiger partial charge >= 0.3 is 0 Å².